The number of nitrogens with one attached hydrogen (secondary N) is 1. The number of ether oxygens (including phenoxy) is 2. The molecule has 6 rings (SSSR count). The average molecular weight is 450 g/mol. The monoisotopic (exact) mass is 449 g/mol. The Balaban J connectivity index is 1.16. The van der Waals surface area contributed by atoms with E-state index in [0.29, 0.717) is 25.0 Å². The first-order valence-corrected chi connectivity index (χ1v) is 12.3. The molecule has 3 fully saturated rings. The predicted octanol–water partition coefficient (Wildman–Crippen LogP) is 3.22. The van der Waals surface area contributed by atoms with Crippen molar-refractivity contribution >= 4 is 11.6 Å². The predicted molar refractivity (Wildman–Crippen MR) is 126 cm³/mol. The Morgan fingerprint density at radius 2 is 1.67 bits per heavy atom. The van der Waals surface area contributed by atoms with Crippen LogP contribution in [0, 0.1) is 17.8 Å². The van der Waals surface area contributed by atoms with Gasteiger partial charge in [-0.1, -0.05) is 43.2 Å². The van der Waals surface area contributed by atoms with Crippen molar-refractivity contribution in [3.63, 3.8) is 0 Å². The van der Waals surface area contributed by atoms with E-state index in [4.69, 9.17) is 9.47 Å². The summed E-state index contributed by atoms with van der Waals surface area (Å²) in [4.78, 5) is 13.5. The van der Waals surface area contributed by atoms with Crippen LogP contribution < -0.4 is 19.3 Å². The second kappa shape index (κ2) is 7.74. The van der Waals surface area contributed by atoms with E-state index in [1.54, 1.807) is 0 Å². The summed E-state index contributed by atoms with van der Waals surface area (Å²) in [6.45, 7) is 3.13. The third-order valence-electron chi connectivity index (χ3n) is 8.51. The molecule has 2 saturated carbocycles. The first-order chi connectivity index (χ1) is 16.0. The third kappa shape index (κ3) is 3.42. The fourth-order valence-corrected chi connectivity index (χ4v) is 6.59. The summed E-state index contributed by atoms with van der Waals surface area (Å²) in [5.41, 5.74) is 0.503. The summed E-state index contributed by atoms with van der Waals surface area (Å²) in [6.07, 6.45) is 3.95. The zero-order valence-corrected chi connectivity index (χ0v) is 19.2. The minimum atomic E-state index is -1.44. The lowest BCUT2D eigenvalue weighted by molar-refractivity contribution is -0.147. The van der Waals surface area contributed by atoms with Gasteiger partial charge < -0.3 is 19.9 Å². The Kier molecular flexibility index (Phi) is 4.93. The van der Waals surface area contributed by atoms with Crippen molar-refractivity contribution in [2.75, 3.05) is 33.4 Å². The van der Waals surface area contributed by atoms with Gasteiger partial charge in [-0.25, -0.2) is 0 Å². The third-order valence-corrected chi connectivity index (χ3v) is 8.51. The molecule has 0 aromatic heterocycles. The molecule has 2 heterocycles. The summed E-state index contributed by atoms with van der Waals surface area (Å²) < 4.78 is 12.3. The van der Waals surface area contributed by atoms with Crippen LogP contribution in [0.25, 0.3) is 0 Å². The molecule has 6 heteroatoms. The number of likely N-dealkylation sites (tertiary alicyclic amines) is 1. The number of benzene rings is 2. The van der Waals surface area contributed by atoms with E-state index in [2.05, 4.69) is 24.5 Å². The summed E-state index contributed by atoms with van der Waals surface area (Å²) in [7, 11) is 2.26. The zero-order chi connectivity index (χ0) is 22.6. The van der Waals surface area contributed by atoms with Crippen molar-refractivity contribution in [3.8, 4) is 11.5 Å². The number of carbonyl (C=O) groups excluding carboxylic acids is 1. The number of rotatable bonds is 5. The molecule has 2 aromatic rings. The molecule has 174 valence electrons. The molecule has 6 nitrogen and oxygen atoms in total. The summed E-state index contributed by atoms with van der Waals surface area (Å²) in [5, 5.41) is 15.0. The molecule has 1 amide bonds. The minimum absolute atomic E-state index is 0.0164. The van der Waals surface area contributed by atoms with Crippen LogP contribution in [0.3, 0.4) is 0 Å². The number of quaternary nitrogens is 1. The van der Waals surface area contributed by atoms with Crippen molar-refractivity contribution in [2.24, 2.45) is 17.8 Å². The van der Waals surface area contributed by atoms with Gasteiger partial charge in [-0.3, -0.25) is 9.28 Å². The highest BCUT2D eigenvalue weighted by Crippen LogP contribution is 2.51. The fourth-order valence-electron chi connectivity index (χ4n) is 6.59. The Hall–Kier alpha value is -2.57. The van der Waals surface area contributed by atoms with Crippen LogP contribution in [0.15, 0.2) is 48.5 Å². The standard InChI is InChI=1S/C27H32N2O4/c1-29(20-11-12-23-24(15-20)33-14-13-32-23)16-21-22(17-29)25(21)28-26(30)27(31,19-9-5-6-10-19)18-7-3-2-4-8-18/h2-4,7-8,11-12,15,19,21-22,25,31H,5-6,9-10,13-14,16-17H2,1H3/p+1/t21-,22?,25?,27?,29?/m0/s1. The van der Waals surface area contributed by atoms with E-state index in [1.165, 1.54) is 5.69 Å². The van der Waals surface area contributed by atoms with Crippen LogP contribution in [-0.4, -0.2) is 50.4 Å². The highest BCUT2D eigenvalue weighted by atomic mass is 16.6. The van der Waals surface area contributed by atoms with Crippen LogP contribution in [0.2, 0.25) is 0 Å². The molecule has 4 aliphatic rings. The van der Waals surface area contributed by atoms with E-state index in [-0.39, 0.29) is 17.9 Å². The molecule has 2 aromatic carbocycles. The van der Waals surface area contributed by atoms with Crippen molar-refractivity contribution in [2.45, 2.75) is 37.3 Å². The fraction of sp³-hybridized carbons (Fsp3) is 0.519. The first kappa shape index (κ1) is 21.0. The molecule has 0 bridgehead atoms. The quantitative estimate of drug-likeness (QED) is 0.688. The van der Waals surface area contributed by atoms with E-state index in [0.717, 1.165) is 60.3 Å². The smallest absolute Gasteiger partial charge is 0.257 e. The number of aliphatic hydroxyl groups is 1. The van der Waals surface area contributed by atoms with Crippen LogP contribution in [0.5, 0.6) is 11.5 Å². The van der Waals surface area contributed by atoms with Gasteiger partial charge in [-0.2, -0.15) is 0 Å². The number of carbonyl (C=O) groups is 1. The van der Waals surface area contributed by atoms with Gasteiger partial charge in [0.15, 0.2) is 17.1 Å². The summed E-state index contributed by atoms with van der Waals surface area (Å²) >= 11 is 0. The van der Waals surface area contributed by atoms with Crippen LogP contribution in [-0.2, 0) is 10.4 Å². The van der Waals surface area contributed by atoms with Crippen molar-refractivity contribution < 1.29 is 19.4 Å². The summed E-state index contributed by atoms with van der Waals surface area (Å²) in [5.74, 6) is 2.29. The van der Waals surface area contributed by atoms with Gasteiger partial charge in [0.2, 0.25) is 0 Å². The normalized spacial score (nSPS) is 32.1. The van der Waals surface area contributed by atoms with Gasteiger partial charge >= 0.3 is 0 Å². The van der Waals surface area contributed by atoms with E-state index in [1.807, 2.05) is 36.4 Å². The molecule has 2 aliphatic heterocycles. The largest absolute Gasteiger partial charge is 0.486 e. The highest BCUT2D eigenvalue weighted by molar-refractivity contribution is 5.87. The van der Waals surface area contributed by atoms with Gasteiger partial charge in [0.1, 0.15) is 18.9 Å². The average Bonchev–Trinajstić information content (AvgIpc) is 3.24. The van der Waals surface area contributed by atoms with Crippen molar-refractivity contribution in [3.05, 3.63) is 54.1 Å². The number of piperidine rings is 1. The van der Waals surface area contributed by atoms with Gasteiger partial charge in [0.05, 0.1) is 20.1 Å². The number of nitrogens with zero attached hydrogens (tertiary/aromatic N) is 1. The number of hydrogen-bond acceptors (Lipinski definition) is 4. The van der Waals surface area contributed by atoms with Crippen LogP contribution in [0.4, 0.5) is 5.69 Å². The molecule has 0 radical (unpaired) electrons. The molecule has 1 saturated heterocycles. The maximum Gasteiger partial charge on any atom is 0.257 e. The molecular weight excluding hydrogens is 416 g/mol. The van der Waals surface area contributed by atoms with Gasteiger partial charge in [-0.15, -0.1) is 0 Å². The SMILES string of the molecule is C[N+]1(c2ccc3c(c2)OCCO3)CC2C(NC(=O)C(O)(c3ccccc3)C3CCCC3)[C@H]2C1. The van der Waals surface area contributed by atoms with Gasteiger partial charge in [0.25, 0.3) is 5.91 Å². The molecule has 2 N–H and O–H groups in total. The molecular formula is C27H33N2O4+. The van der Waals surface area contributed by atoms with Gasteiger partial charge in [-0.05, 0) is 24.5 Å². The zero-order valence-electron chi connectivity index (χ0n) is 19.2. The Morgan fingerprint density at radius 3 is 2.36 bits per heavy atom. The van der Waals surface area contributed by atoms with E-state index in [9.17, 15) is 9.90 Å². The molecule has 4 unspecified atom stereocenters. The number of amides is 1. The Labute approximate surface area is 195 Å². The van der Waals surface area contributed by atoms with Crippen LogP contribution in [0.1, 0.15) is 31.2 Å². The van der Waals surface area contributed by atoms with Crippen molar-refractivity contribution in [1.82, 2.24) is 9.80 Å². The maximum absolute atomic E-state index is 13.5. The first-order valence-electron chi connectivity index (χ1n) is 12.3. The van der Waals surface area contributed by atoms with E-state index < -0.39 is 5.60 Å². The van der Waals surface area contributed by atoms with Gasteiger partial charge in [0, 0.05) is 35.9 Å². The molecule has 2 aliphatic carbocycles. The minimum Gasteiger partial charge on any atom is -0.486 e. The van der Waals surface area contributed by atoms with Crippen LogP contribution >= 0.6 is 0 Å². The topological polar surface area (TPSA) is 67.8 Å². The molecule has 5 atom stereocenters. The number of hydrogen-bond donors (Lipinski definition) is 2. The lowest BCUT2D eigenvalue weighted by atomic mass is 9.79. The second-order valence-electron chi connectivity index (χ2n) is 10.5. The maximum atomic E-state index is 13.5. The Morgan fingerprint density at radius 1 is 1.00 bits per heavy atom. The molecule has 33 heavy (non-hydrogen) atoms. The lowest BCUT2D eigenvalue weighted by Crippen LogP contribution is -2.52. The molecule has 0 spiro atoms. The number of fused-ring (bicyclic) bond motifs is 2. The second-order valence-corrected chi connectivity index (χ2v) is 10.5. The highest BCUT2D eigenvalue weighted by Gasteiger charge is 2.64. The summed E-state index contributed by atoms with van der Waals surface area (Å²) in [6, 6.07) is 15.9. The van der Waals surface area contributed by atoms with Crippen molar-refractivity contribution in [1.29, 1.82) is 0 Å². The van der Waals surface area contributed by atoms with E-state index >= 15 is 0 Å². The Bertz CT molecular complexity index is 1040. The lowest BCUT2D eigenvalue weighted by Gasteiger charge is -2.35.